The van der Waals surface area contributed by atoms with Gasteiger partial charge < -0.3 is 9.64 Å². The third-order valence-corrected chi connectivity index (χ3v) is 3.53. The van der Waals surface area contributed by atoms with E-state index in [2.05, 4.69) is 10.9 Å². The Morgan fingerprint density at radius 3 is 2.50 bits per heavy atom. The first-order valence-electron chi connectivity index (χ1n) is 7.46. The van der Waals surface area contributed by atoms with Crippen LogP contribution in [-0.4, -0.2) is 36.8 Å². The summed E-state index contributed by atoms with van der Waals surface area (Å²) in [5.41, 5.74) is 5.97. The van der Waals surface area contributed by atoms with Crippen molar-refractivity contribution in [1.29, 1.82) is 0 Å². The summed E-state index contributed by atoms with van der Waals surface area (Å²) in [6, 6.07) is 7.42. The number of esters is 1. The van der Waals surface area contributed by atoms with Crippen LogP contribution in [0.4, 0.5) is 5.69 Å². The molecule has 2 rings (SSSR count). The van der Waals surface area contributed by atoms with E-state index in [1.807, 2.05) is 31.2 Å². The summed E-state index contributed by atoms with van der Waals surface area (Å²) in [4.78, 5) is 47.6. The van der Waals surface area contributed by atoms with Crippen LogP contribution in [0.3, 0.4) is 0 Å². The van der Waals surface area contributed by atoms with E-state index in [1.54, 1.807) is 0 Å². The zero-order valence-corrected chi connectivity index (χ0v) is 13.5. The fraction of sp³-hybridized carbons (Fsp3) is 0.375. The quantitative estimate of drug-likeness (QED) is 0.599. The fourth-order valence-electron chi connectivity index (χ4n) is 2.29. The molecule has 0 saturated carbocycles. The van der Waals surface area contributed by atoms with Crippen molar-refractivity contribution in [3.8, 4) is 0 Å². The smallest absolute Gasteiger partial charge is 0.311 e. The number of nitrogens with one attached hydrogen (secondary N) is 2. The van der Waals surface area contributed by atoms with E-state index in [0.29, 0.717) is 0 Å². The summed E-state index contributed by atoms with van der Waals surface area (Å²) >= 11 is 0. The molecule has 1 aliphatic rings. The van der Waals surface area contributed by atoms with Crippen LogP contribution in [-0.2, 0) is 23.9 Å². The van der Waals surface area contributed by atoms with Crippen molar-refractivity contribution in [2.45, 2.75) is 20.3 Å². The van der Waals surface area contributed by atoms with Crippen molar-refractivity contribution in [2.24, 2.45) is 5.92 Å². The van der Waals surface area contributed by atoms with Gasteiger partial charge in [-0.05, 0) is 19.1 Å². The molecule has 24 heavy (non-hydrogen) atoms. The second kappa shape index (κ2) is 7.58. The number of aryl methyl sites for hydroxylation is 1. The fourth-order valence-corrected chi connectivity index (χ4v) is 2.29. The molecule has 1 fully saturated rings. The Bertz CT molecular complexity index is 656. The Morgan fingerprint density at radius 2 is 1.88 bits per heavy atom. The lowest BCUT2D eigenvalue weighted by molar-refractivity contribution is -0.152. The van der Waals surface area contributed by atoms with Crippen LogP contribution in [0.25, 0.3) is 0 Å². The first-order valence-corrected chi connectivity index (χ1v) is 7.46. The molecule has 128 valence electrons. The average molecular weight is 333 g/mol. The summed E-state index contributed by atoms with van der Waals surface area (Å²) in [7, 11) is 0. The van der Waals surface area contributed by atoms with Crippen LogP contribution < -0.4 is 15.8 Å². The zero-order chi connectivity index (χ0) is 17.7. The van der Waals surface area contributed by atoms with Crippen molar-refractivity contribution in [3.63, 3.8) is 0 Å². The van der Waals surface area contributed by atoms with Crippen molar-refractivity contribution < 1.29 is 23.9 Å². The molecule has 2 N–H and O–H groups in total. The maximum absolute atomic E-state index is 12.1. The van der Waals surface area contributed by atoms with Crippen LogP contribution in [0, 0.1) is 12.8 Å². The van der Waals surface area contributed by atoms with Gasteiger partial charge in [0.1, 0.15) is 0 Å². The standard InChI is InChI=1S/C16H19N3O5/c1-10-3-5-13(6-4-10)19-8-12(7-15(19)22)16(23)24-9-14(21)18-17-11(2)20/h3-6,12H,7-9H2,1-2H3,(H,17,20)(H,18,21)/t12-/m1/s1. The molecule has 1 saturated heterocycles. The first kappa shape index (κ1) is 17.5. The van der Waals surface area contributed by atoms with Crippen LogP contribution >= 0.6 is 0 Å². The molecule has 1 aromatic rings. The summed E-state index contributed by atoms with van der Waals surface area (Å²) in [6.45, 7) is 2.88. The number of carbonyl (C=O) groups excluding carboxylic acids is 4. The highest BCUT2D eigenvalue weighted by molar-refractivity contribution is 5.99. The maximum atomic E-state index is 12.1. The molecule has 0 unspecified atom stereocenters. The normalized spacial score (nSPS) is 16.7. The number of hydrogen-bond donors (Lipinski definition) is 2. The highest BCUT2D eigenvalue weighted by Crippen LogP contribution is 2.26. The number of ether oxygens (including phenoxy) is 1. The Kier molecular flexibility index (Phi) is 5.51. The van der Waals surface area contributed by atoms with Gasteiger partial charge in [0.25, 0.3) is 5.91 Å². The Labute approximate surface area is 139 Å². The van der Waals surface area contributed by atoms with E-state index in [-0.39, 0.29) is 18.9 Å². The average Bonchev–Trinajstić information content (AvgIpc) is 2.93. The summed E-state index contributed by atoms with van der Waals surface area (Å²) in [5, 5.41) is 0. The molecule has 0 aliphatic carbocycles. The molecule has 1 heterocycles. The van der Waals surface area contributed by atoms with E-state index in [4.69, 9.17) is 4.74 Å². The minimum absolute atomic E-state index is 0.0417. The van der Waals surface area contributed by atoms with Crippen LogP contribution in [0.1, 0.15) is 18.9 Å². The molecule has 0 spiro atoms. The number of hydrazine groups is 1. The molecule has 1 aromatic carbocycles. The molecule has 1 atom stereocenters. The van der Waals surface area contributed by atoms with E-state index in [1.165, 1.54) is 11.8 Å². The monoisotopic (exact) mass is 333 g/mol. The molecule has 0 radical (unpaired) electrons. The van der Waals surface area contributed by atoms with Gasteiger partial charge in [0.2, 0.25) is 11.8 Å². The lowest BCUT2D eigenvalue weighted by Crippen LogP contribution is -2.42. The minimum atomic E-state index is -0.654. The third-order valence-electron chi connectivity index (χ3n) is 3.53. The SMILES string of the molecule is CC(=O)NNC(=O)COC(=O)[C@@H]1CC(=O)N(c2ccc(C)cc2)C1. The Morgan fingerprint density at radius 1 is 1.21 bits per heavy atom. The highest BCUT2D eigenvalue weighted by Gasteiger charge is 2.36. The largest absolute Gasteiger partial charge is 0.455 e. The Balaban J connectivity index is 1.86. The van der Waals surface area contributed by atoms with Crippen molar-refractivity contribution in [2.75, 3.05) is 18.1 Å². The molecule has 0 bridgehead atoms. The number of benzene rings is 1. The number of amides is 3. The van der Waals surface area contributed by atoms with Gasteiger partial charge in [-0.2, -0.15) is 0 Å². The van der Waals surface area contributed by atoms with Crippen LogP contribution in [0.15, 0.2) is 24.3 Å². The number of rotatable bonds is 4. The molecular formula is C16H19N3O5. The second-order valence-electron chi connectivity index (χ2n) is 5.58. The molecule has 8 heteroatoms. The van der Waals surface area contributed by atoms with Gasteiger partial charge in [0.05, 0.1) is 5.92 Å². The molecule has 8 nitrogen and oxygen atoms in total. The topological polar surface area (TPSA) is 105 Å². The Hall–Kier alpha value is -2.90. The lowest BCUT2D eigenvalue weighted by atomic mass is 10.1. The van der Waals surface area contributed by atoms with Gasteiger partial charge in [-0.3, -0.25) is 30.0 Å². The summed E-state index contributed by atoms with van der Waals surface area (Å²) < 4.78 is 4.89. The molecule has 0 aromatic heterocycles. The van der Waals surface area contributed by atoms with Crippen LogP contribution in [0.2, 0.25) is 0 Å². The maximum Gasteiger partial charge on any atom is 0.311 e. The molecule has 1 aliphatic heterocycles. The number of anilines is 1. The zero-order valence-electron chi connectivity index (χ0n) is 13.5. The summed E-state index contributed by atoms with van der Waals surface area (Å²) in [6.07, 6.45) is 0.0417. The number of carbonyl (C=O) groups is 4. The predicted molar refractivity (Wildman–Crippen MR) is 84.6 cm³/mol. The van der Waals surface area contributed by atoms with Crippen LogP contribution in [0.5, 0.6) is 0 Å². The highest BCUT2D eigenvalue weighted by atomic mass is 16.5. The van der Waals surface area contributed by atoms with Crippen molar-refractivity contribution in [3.05, 3.63) is 29.8 Å². The van der Waals surface area contributed by atoms with E-state index < -0.39 is 30.3 Å². The number of nitrogens with zero attached hydrogens (tertiary/aromatic N) is 1. The second-order valence-corrected chi connectivity index (χ2v) is 5.58. The predicted octanol–water partition coefficient (Wildman–Crippen LogP) is 0.0584. The van der Waals surface area contributed by atoms with E-state index >= 15 is 0 Å². The van der Waals surface area contributed by atoms with Gasteiger partial charge in [0, 0.05) is 25.6 Å². The van der Waals surface area contributed by atoms with E-state index in [0.717, 1.165) is 11.3 Å². The van der Waals surface area contributed by atoms with Gasteiger partial charge in [-0.25, -0.2) is 0 Å². The lowest BCUT2D eigenvalue weighted by Gasteiger charge is -2.16. The van der Waals surface area contributed by atoms with Gasteiger partial charge in [-0.1, -0.05) is 17.7 Å². The van der Waals surface area contributed by atoms with Crippen molar-refractivity contribution >= 4 is 29.4 Å². The summed E-state index contributed by atoms with van der Waals surface area (Å²) in [5.74, 6) is -2.49. The van der Waals surface area contributed by atoms with Gasteiger partial charge in [-0.15, -0.1) is 0 Å². The third kappa shape index (κ3) is 4.55. The first-order chi connectivity index (χ1) is 11.4. The van der Waals surface area contributed by atoms with Gasteiger partial charge in [0.15, 0.2) is 6.61 Å². The minimum Gasteiger partial charge on any atom is -0.455 e. The number of hydrogen-bond acceptors (Lipinski definition) is 5. The molecular weight excluding hydrogens is 314 g/mol. The van der Waals surface area contributed by atoms with E-state index in [9.17, 15) is 19.2 Å². The van der Waals surface area contributed by atoms with Gasteiger partial charge >= 0.3 is 5.97 Å². The molecule has 3 amide bonds. The van der Waals surface area contributed by atoms with Crippen molar-refractivity contribution in [1.82, 2.24) is 10.9 Å².